The molecule has 0 unspecified atom stereocenters. The van der Waals surface area contributed by atoms with Crippen molar-refractivity contribution in [1.82, 2.24) is 10.6 Å². The molecule has 7 nitrogen and oxygen atoms in total. The third-order valence-electron chi connectivity index (χ3n) is 3.63. The minimum atomic E-state index is -1.42. The fraction of sp³-hybridized carbons (Fsp3) is 0.211. The summed E-state index contributed by atoms with van der Waals surface area (Å²) in [4.78, 5) is 36.1. The highest BCUT2D eigenvalue weighted by molar-refractivity contribution is 6.30. The summed E-state index contributed by atoms with van der Waals surface area (Å²) in [5, 5.41) is 16.5. The number of halogens is 1. The lowest BCUT2D eigenvalue weighted by Crippen LogP contribution is -2.52. The second-order valence-electron chi connectivity index (χ2n) is 6.06. The van der Waals surface area contributed by atoms with Gasteiger partial charge >= 0.3 is 0 Å². The summed E-state index contributed by atoms with van der Waals surface area (Å²) >= 11 is 5.85. The molecule has 2 aromatic rings. The van der Waals surface area contributed by atoms with E-state index in [2.05, 4.69) is 10.6 Å². The molecule has 1 aromatic carbocycles. The van der Waals surface area contributed by atoms with Crippen molar-refractivity contribution in [3.63, 3.8) is 0 Å². The Kier molecular flexibility index (Phi) is 6.79. The van der Waals surface area contributed by atoms with E-state index in [9.17, 15) is 19.5 Å². The van der Waals surface area contributed by atoms with E-state index in [0.717, 1.165) is 0 Å². The Morgan fingerprint density at radius 3 is 2.33 bits per heavy atom. The van der Waals surface area contributed by atoms with Crippen LogP contribution in [0.15, 0.2) is 52.8 Å². The second kappa shape index (κ2) is 9.05. The summed E-state index contributed by atoms with van der Waals surface area (Å²) in [5.41, 5.74) is 0.435. The highest BCUT2D eigenvalue weighted by Gasteiger charge is 2.22. The molecule has 8 heteroatoms. The number of benzene rings is 1. The minimum Gasteiger partial charge on any atom is -0.548 e. The highest BCUT2D eigenvalue weighted by Crippen LogP contribution is 2.13. The quantitative estimate of drug-likeness (QED) is 0.698. The number of furan rings is 1. The van der Waals surface area contributed by atoms with Crippen molar-refractivity contribution in [3.05, 3.63) is 64.7 Å². The number of carbonyl (C=O) groups is 3. The number of aliphatic carboxylic acids is 1. The summed E-state index contributed by atoms with van der Waals surface area (Å²) in [6.45, 7) is 3.26. The molecule has 0 radical (unpaired) electrons. The van der Waals surface area contributed by atoms with Crippen molar-refractivity contribution in [2.24, 2.45) is 5.92 Å². The molecule has 0 aliphatic heterocycles. The third-order valence-corrected chi connectivity index (χ3v) is 3.88. The Hall–Kier alpha value is -3.06. The molecular formula is C19H18ClN2O5-. The number of carbonyl (C=O) groups excluding carboxylic acids is 3. The number of carboxylic acid groups (broad SMARTS) is 1. The number of rotatable bonds is 7. The van der Waals surface area contributed by atoms with Crippen molar-refractivity contribution < 1.29 is 23.9 Å². The van der Waals surface area contributed by atoms with Gasteiger partial charge in [-0.15, -0.1) is 0 Å². The predicted molar refractivity (Wildman–Crippen MR) is 97.4 cm³/mol. The zero-order chi connectivity index (χ0) is 20.0. The van der Waals surface area contributed by atoms with Gasteiger partial charge in [-0.1, -0.05) is 37.6 Å². The van der Waals surface area contributed by atoms with Gasteiger partial charge in [-0.05, 0) is 41.8 Å². The maximum Gasteiger partial charge on any atom is 0.291 e. The molecule has 0 aliphatic carbocycles. The zero-order valence-corrected chi connectivity index (χ0v) is 15.4. The predicted octanol–water partition coefficient (Wildman–Crippen LogP) is 1.59. The van der Waals surface area contributed by atoms with E-state index in [-0.39, 0.29) is 11.5 Å². The molecule has 0 saturated carbocycles. The van der Waals surface area contributed by atoms with Crippen LogP contribution in [0.25, 0.3) is 6.08 Å². The summed E-state index contributed by atoms with van der Waals surface area (Å²) in [5.74, 6) is -3.24. The molecule has 1 heterocycles. The van der Waals surface area contributed by atoms with Crippen LogP contribution in [0.4, 0.5) is 0 Å². The van der Waals surface area contributed by atoms with Gasteiger partial charge < -0.3 is 25.0 Å². The van der Waals surface area contributed by atoms with Gasteiger partial charge in [0.05, 0.1) is 18.3 Å². The van der Waals surface area contributed by atoms with E-state index < -0.39 is 29.7 Å². The first-order valence-electron chi connectivity index (χ1n) is 8.11. The first kappa shape index (κ1) is 20.3. The Morgan fingerprint density at radius 2 is 1.81 bits per heavy atom. The largest absolute Gasteiger partial charge is 0.548 e. The summed E-state index contributed by atoms with van der Waals surface area (Å²) in [7, 11) is 0. The van der Waals surface area contributed by atoms with Crippen molar-refractivity contribution in [2.45, 2.75) is 19.9 Å². The zero-order valence-electron chi connectivity index (χ0n) is 14.7. The van der Waals surface area contributed by atoms with Gasteiger partial charge in [0.2, 0.25) is 0 Å². The minimum absolute atomic E-state index is 0.00474. The maximum absolute atomic E-state index is 12.6. The fourth-order valence-electron chi connectivity index (χ4n) is 2.19. The second-order valence-corrected chi connectivity index (χ2v) is 6.49. The van der Waals surface area contributed by atoms with Crippen LogP contribution < -0.4 is 15.7 Å². The molecule has 0 aliphatic rings. The summed E-state index contributed by atoms with van der Waals surface area (Å²) < 4.78 is 5.01. The first-order valence-corrected chi connectivity index (χ1v) is 8.49. The van der Waals surface area contributed by atoms with Gasteiger partial charge in [0.1, 0.15) is 5.70 Å². The summed E-state index contributed by atoms with van der Waals surface area (Å²) in [6, 6.07) is 8.28. The average Bonchev–Trinajstić information content (AvgIpc) is 3.14. The monoisotopic (exact) mass is 389 g/mol. The number of amides is 2. The Balaban J connectivity index is 2.30. The Bertz CT molecular complexity index is 841. The van der Waals surface area contributed by atoms with E-state index in [1.807, 2.05) is 0 Å². The third kappa shape index (κ3) is 5.72. The standard InChI is InChI=1S/C19H19ClN2O5/c1-11(2)16(19(25)26)22-17(23)14(10-12-5-7-13(20)8-6-12)21-18(24)15-4-3-9-27-15/h3-11,16H,1-2H3,(H,21,24)(H,22,23)(H,25,26)/p-1/b14-10-/t16-/m0/s1. The molecule has 1 aromatic heterocycles. The van der Waals surface area contributed by atoms with Crippen LogP contribution in [-0.2, 0) is 9.59 Å². The molecular weight excluding hydrogens is 372 g/mol. The van der Waals surface area contributed by atoms with Crippen LogP contribution in [0.1, 0.15) is 30.0 Å². The van der Waals surface area contributed by atoms with Crippen LogP contribution in [0.3, 0.4) is 0 Å². The number of nitrogens with one attached hydrogen (secondary N) is 2. The number of hydrogen-bond acceptors (Lipinski definition) is 5. The van der Waals surface area contributed by atoms with E-state index in [1.54, 1.807) is 38.1 Å². The van der Waals surface area contributed by atoms with E-state index in [4.69, 9.17) is 16.0 Å². The van der Waals surface area contributed by atoms with E-state index in [0.29, 0.717) is 10.6 Å². The maximum atomic E-state index is 12.6. The fourth-order valence-corrected chi connectivity index (χ4v) is 2.32. The Morgan fingerprint density at radius 1 is 1.15 bits per heavy atom. The molecule has 1 atom stereocenters. The van der Waals surface area contributed by atoms with Crippen molar-refractivity contribution in [1.29, 1.82) is 0 Å². The number of hydrogen-bond donors (Lipinski definition) is 2. The lowest BCUT2D eigenvalue weighted by molar-refractivity contribution is -0.309. The topological polar surface area (TPSA) is 111 Å². The normalized spacial score (nSPS) is 12.5. The van der Waals surface area contributed by atoms with E-state index >= 15 is 0 Å². The smallest absolute Gasteiger partial charge is 0.291 e. The van der Waals surface area contributed by atoms with Gasteiger partial charge in [-0.3, -0.25) is 9.59 Å². The molecule has 2 rings (SSSR count). The van der Waals surface area contributed by atoms with Crippen LogP contribution in [-0.4, -0.2) is 23.8 Å². The molecule has 0 fully saturated rings. The highest BCUT2D eigenvalue weighted by atomic mass is 35.5. The van der Waals surface area contributed by atoms with Gasteiger partial charge in [0.15, 0.2) is 5.76 Å². The van der Waals surface area contributed by atoms with Gasteiger partial charge in [-0.25, -0.2) is 0 Å². The van der Waals surface area contributed by atoms with Crippen LogP contribution >= 0.6 is 11.6 Å². The average molecular weight is 390 g/mol. The molecule has 0 bridgehead atoms. The number of carboxylic acids is 1. The van der Waals surface area contributed by atoms with Crippen LogP contribution in [0, 0.1) is 5.92 Å². The molecule has 0 saturated heterocycles. The Labute approximate surface area is 161 Å². The van der Waals surface area contributed by atoms with Gasteiger partial charge in [0.25, 0.3) is 11.8 Å². The molecule has 0 spiro atoms. The van der Waals surface area contributed by atoms with Crippen LogP contribution in [0.2, 0.25) is 5.02 Å². The van der Waals surface area contributed by atoms with Crippen molar-refractivity contribution in [3.8, 4) is 0 Å². The van der Waals surface area contributed by atoms with Gasteiger partial charge in [-0.2, -0.15) is 0 Å². The van der Waals surface area contributed by atoms with Crippen molar-refractivity contribution in [2.75, 3.05) is 0 Å². The van der Waals surface area contributed by atoms with Crippen molar-refractivity contribution >= 4 is 35.5 Å². The lowest BCUT2D eigenvalue weighted by atomic mass is 10.0. The van der Waals surface area contributed by atoms with Gasteiger partial charge in [0, 0.05) is 5.02 Å². The molecule has 142 valence electrons. The summed E-state index contributed by atoms with van der Waals surface area (Å²) in [6.07, 6.45) is 2.72. The first-order chi connectivity index (χ1) is 12.8. The molecule has 2 amide bonds. The SMILES string of the molecule is CC(C)[C@H](NC(=O)/C(=C/c1ccc(Cl)cc1)NC(=O)c1ccco1)C(=O)[O-]. The van der Waals surface area contributed by atoms with Crippen LogP contribution in [0.5, 0.6) is 0 Å². The molecule has 27 heavy (non-hydrogen) atoms. The lowest BCUT2D eigenvalue weighted by Gasteiger charge is -2.24. The van der Waals surface area contributed by atoms with E-state index in [1.165, 1.54) is 24.5 Å². The molecule has 2 N–H and O–H groups in total.